The Kier molecular flexibility index (Phi) is 2.31. The van der Waals surface area contributed by atoms with Gasteiger partial charge in [0.2, 0.25) is 5.95 Å². The summed E-state index contributed by atoms with van der Waals surface area (Å²) in [5, 5.41) is 10.3. The number of anilines is 1. The van der Waals surface area contributed by atoms with Gasteiger partial charge >= 0.3 is 0 Å². The summed E-state index contributed by atoms with van der Waals surface area (Å²) in [6.45, 7) is 5.52. The number of hydrogen-bond acceptors (Lipinski definition) is 4. The van der Waals surface area contributed by atoms with Gasteiger partial charge in [0.1, 0.15) is 0 Å². The van der Waals surface area contributed by atoms with Gasteiger partial charge in [0.05, 0.1) is 10.9 Å². The third-order valence-electron chi connectivity index (χ3n) is 4.54. The van der Waals surface area contributed by atoms with Crippen molar-refractivity contribution in [3.05, 3.63) is 17.0 Å². The summed E-state index contributed by atoms with van der Waals surface area (Å²) in [5.41, 5.74) is 1.72. The summed E-state index contributed by atoms with van der Waals surface area (Å²) in [6, 6.07) is 2.65. The summed E-state index contributed by atoms with van der Waals surface area (Å²) in [5.74, 6) is 1.83. The number of thiophene rings is 1. The molecule has 3 heterocycles. The van der Waals surface area contributed by atoms with E-state index in [2.05, 4.69) is 35.3 Å². The molecule has 4 rings (SSSR count). The summed E-state index contributed by atoms with van der Waals surface area (Å²) in [4.78, 5) is 5.89. The Balaban J connectivity index is 1.78. The molecule has 19 heavy (non-hydrogen) atoms. The molecule has 100 valence electrons. The molecule has 2 aliphatic rings. The molecule has 1 aliphatic heterocycles. The Morgan fingerprint density at radius 1 is 1.47 bits per heavy atom. The van der Waals surface area contributed by atoms with Crippen LogP contribution in [0.5, 0.6) is 0 Å². The molecule has 1 atom stereocenters. The number of rotatable bonds is 2. The summed E-state index contributed by atoms with van der Waals surface area (Å²) in [7, 11) is 0. The first-order chi connectivity index (χ1) is 9.17. The third-order valence-corrected chi connectivity index (χ3v) is 5.55. The van der Waals surface area contributed by atoms with Crippen LogP contribution in [0.15, 0.2) is 11.4 Å². The van der Waals surface area contributed by atoms with Crippen molar-refractivity contribution in [2.45, 2.75) is 39.2 Å². The maximum absolute atomic E-state index is 4.80. The van der Waals surface area contributed by atoms with E-state index in [0.29, 0.717) is 11.5 Å². The molecular weight excluding hydrogens is 256 g/mol. The SMILES string of the molecule is Cc1ccsc1-c1nc2n(n1)C(C1(C)CC1)CCN2. The normalized spacial score (nSPS) is 23.8. The highest BCUT2D eigenvalue weighted by Crippen LogP contribution is 2.56. The van der Waals surface area contributed by atoms with Crippen LogP contribution in [0.4, 0.5) is 5.95 Å². The van der Waals surface area contributed by atoms with E-state index in [0.717, 1.165) is 24.7 Å². The molecule has 5 heteroatoms. The van der Waals surface area contributed by atoms with Crippen LogP contribution in [0.25, 0.3) is 10.7 Å². The van der Waals surface area contributed by atoms with Crippen molar-refractivity contribution in [3.8, 4) is 10.7 Å². The van der Waals surface area contributed by atoms with Gasteiger partial charge in [0.15, 0.2) is 5.82 Å². The van der Waals surface area contributed by atoms with E-state index in [-0.39, 0.29) is 0 Å². The Morgan fingerprint density at radius 3 is 3.00 bits per heavy atom. The number of nitrogens with zero attached hydrogens (tertiary/aromatic N) is 3. The van der Waals surface area contributed by atoms with Crippen LogP contribution < -0.4 is 5.32 Å². The standard InChI is InChI=1S/C14H18N4S/c1-9-4-8-19-11(9)12-16-13-15-7-3-10(18(13)17-12)14(2)5-6-14/h4,8,10H,3,5-7H2,1-2H3,(H,15,16,17). The molecule has 0 radical (unpaired) electrons. The van der Waals surface area contributed by atoms with Crippen LogP contribution in [0.1, 0.15) is 37.8 Å². The Morgan fingerprint density at radius 2 is 2.32 bits per heavy atom. The van der Waals surface area contributed by atoms with Crippen molar-refractivity contribution >= 4 is 17.3 Å². The van der Waals surface area contributed by atoms with E-state index in [1.807, 2.05) is 0 Å². The zero-order valence-electron chi connectivity index (χ0n) is 11.3. The molecule has 0 amide bonds. The van der Waals surface area contributed by atoms with Gasteiger partial charge in [-0.2, -0.15) is 4.98 Å². The average Bonchev–Trinajstić information content (AvgIpc) is 2.85. The van der Waals surface area contributed by atoms with E-state index in [1.54, 1.807) is 11.3 Å². The first-order valence-electron chi connectivity index (χ1n) is 6.92. The average molecular weight is 274 g/mol. The number of aromatic nitrogens is 3. The molecule has 4 nitrogen and oxygen atoms in total. The zero-order valence-corrected chi connectivity index (χ0v) is 12.1. The minimum atomic E-state index is 0.451. The fraction of sp³-hybridized carbons (Fsp3) is 0.571. The molecule has 2 aromatic heterocycles. The molecular formula is C14H18N4S. The van der Waals surface area contributed by atoms with E-state index in [4.69, 9.17) is 10.1 Å². The number of aryl methyl sites for hydroxylation is 1. The molecule has 0 saturated heterocycles. The van der Waals surface area contributed by atoms with Crippen molar-refractivity contribution in [3.63, 3.8) is 0 Å². The molecule has 2 aromatic rings. The maximum atomic E-state index is 4.80. The van der Waals surface area contributed by atoms with Crippen molar-refractivity contribution in [2.24, 2.45) is 5.41 Å². The fourth-order valence-corrected chi connectivity index (χ4v) is 3.83. The largest absolute Gasteiger partial charge is 0.354 e. The molecule has 0 spiro atoms. The van der Waals surface area contributed by atoms with Gasteiger partial charge < -0.3 is 5.32 Å². The first kappa shape index (κ1) is 11.5. The Hall–Kier alpha value is -1.36. The van der Waals surface area contributed by atoms with E-state index < -0.39 is 0 Å². The van der Waals surface area contributed by atoms with Gasteiger partial charge in [-0.25, -0.2) is 4.68 Å². The zero-order chi connectivity index (χ0) is 13.0. The summed E-state index contributed by atoms with van der Waals surface area (Å²) >= 11 is 1.72. The number of fused-ring (bicyclic) bond motifs is 1. The number of hydrogen-bond donors (Lipinski definition) is 1. The predicted octanol–water partition coefficient (Wildman–Crippen LogP) is 3.47. The molecule has 1 fully saturated rings. The van der Waals surface area contributed by atoms with Gasteiger partial charge in [-0.05, 0) is 48.6 Å². The fourth-order valence-electron chi connectivity index (χ4n) is 2.98. The predicted molar refractivity (Wildman–Crippen MR) is 77.6 cm³/mol. The lowest BCUT2D eigenvalue weighted by Crippen LogP contribution is -2.29. The van der Waals surface area contributed by atoms with Crippen molar-refractivity contribution in [1.82, 2.24) is 14.8 Å². The maximum Gasteiger partial charge on any atom is 0.222 e. The van der Waals surface area contributed by atoms with E-state index in [1.165, 1.54) is 23.3 Å². The van der Waals surface area contributed by atoms with Gasteiger partial charge in [-0.1, -0.05) is 6.92 Å². The second-order valence-corrected chi connectivity index (χ2v) is 6.94. The monoisotopic (exact) mass is 274 g/mol. The smallest absolute Gasteiger partial charge is 0.222 e. The van der Waals surface area contributed by atoms with Crippen LogP contribution >= 0.6 is 11.3 Å². The third kappa shape index (κ3) is 1.71. The minimum absolute atomic E-state index is 0.451. The number of nitrogens with one attached hydrogen (secondary N) is 1. The minimum Gasteiger partial charge on any atom is -0.354 e. The summed E-state index contributed by atoms with van der Waals surface area (Å²) in [6.07, 6.45) is 3.81. The van der Waals surface area contributed by atoms with Crippen molar-refractivity contribution in [2.75, 3.05) is 11.9 Å². The lowest BCUT2D eigenvalue weighted by Gasteiger charge is -2.29. The van der Waals surface area contributed by atoms with Gasteiger partial charge in [-0.3, -0.25) is 0 Å². The van der Waals surface area contributed by atoms with Crippen LogP contribution in [-0.2, 0) is 0 Å². The topological polar surface area (TPSA) is 42.7 Å². The second-order valence-electron chi connectivity index (χ2n) is 6.02. The first-order valence-corrected chi connectivity index (χ1v) is 7.80. The Labute approximate surface area is 116 Å². The van der Waals surface area contributed by atoms with E-state index >= 15 is 0 Å². The highest BCUT2D eigenvalue weighted by Gasteiger charge is 2.47. The van der Waals surface area contributed by atoms with E-state index in [9.17, 15) is 0 Å². The van der Waals surface area contributed by atoms with Crippen molar-refractivity contribution < 1.29 is 0 Å². The molecule has 1 aliphatic carbocycles. The van der Waals surface area contributed by atoms with Crippen molar-refractivity contribution in [1.29, 1.82) is 0 Å². The summed E-state index contributed by atoms with van der Waals surface area (Å²) < 4.78 is 2.14. The molecule has 1 saturated carbocycles. The highest BCUT2D eigenvalue weighted by atomic mass is 32.1. The lowest BCUT2D eigenvalue weighted by molar-refractivity contribution is 0.284. The van der Waals surface area contributed by atoms with Crippen LogP contribution in [0, 0.1) is 12.3 Å². The van der Waals surface area contributed by atoms with Crippen LogP contribution in [0.2, 0.25) is 0 Å². The van der Waals surface area contributed by atoms with Gasteiger partial charge in [0.25, 0.3) is 0 Å². The van der Waals surface area contributed by atoms with Gasteiger partial charge in [-0.15, -0.1) is 16.4 Å². The highest BCUT2D eigenvalue weighted by molar-refractivity contribution is 7.13. The Bertz CT molecular complexity index is 623. The molecule has 1 N–H and O–H groups in total. The molecule has 0 bridgehead atoms. The van der Waals surface area contributed by atoms with Gasteiger partial charge in [0, 0.05) is 6.54 Å². The van der Waals surface area contributed by atoms with Crippen LogP contribution in [0.3, 0.4) is 0 Å². The molecule has 0 aromatic carbocycles. The lowest BCUT2D eigenvalue weighted by atomic mass is 9.95. The van der Waals surface area contributed by atoms with Crippen LogP contribution in [-0.4, -0.2) is 21.3 Å². The second kappa shape index (κ2) is 3.82. The quantitative estimate of drug-likeness (QED) is 0.911. The molecule has 1 unspecified atom stereocenters.